The third kappa shape index (κ3) is 5.97. The number of nitrogens with zero attached hydrogens (tertiary/aromatic N) is 3. The van der Waals surface area contributed by atoms with E-state index in [-0.39, 0.29) is 17.2 Å². The van der Waals surface area contributed by atoms with E-state index in [1.165, 1.54) is 19.3 Å². The highest BCUT2D eigenvalue weighted by molar-refractivity contribution is 5.78. The lowest BCUT2D eigenvalue weighted by molar-refractivity contribution is -0.136. The molecule has 1 aliphatic heterocycles. The molecule has 26 heavy (non-hydrogen) atoms. The number of hydrogen-bond donors (Lipinski definition) is 0. The van der Waals surface area contributed by atoms with Gasteiger partial charge >= 0.3 is 0 Å². The van der Waals surface area contributed by atoms with Crippen molar-refractivity contribution in [2.75, 3.05) is 39.8 Å². The number of hydrogen-bond acceptors (Lipinski definition) is 3. The predicted octanol–water partition coefficient (Wildman–Crippen LogP) is 2.99. The molecule has 0 aromatic rings. The van der Waals surface area contributed by atoms with Gasteiger partial charge in [0.05, 0.1) is 6.54 Å². The molecular weight excluding hydrogens is 326 g/mol. The maximum atomic E-state index is 12.6. The molecule has 1 saturated heterocycles. The zero-order valence-corrected chi connectivity index (χ0v) is 17.6. The van der Waals surface area contributed by atoms with Crippen molar-refractivity contribution in [2.24, 2.45) is 11.3 Å². The van der Waals surface area contributed by atoms with E-state index in [0.717, 1.165) is 39.0 Å². The summed E-state index contributed by atoms with van der Waals surface area (Å²) in [6, 6.07) is 0.429. The highest BCUT2D eigenvalue weighted by atomic mass is 16.2. The van der Waals surface area contributed by atoms with Crippen molar-refractivity contribution in [3.8, 4) is 0 Å². The summed E-state index contributed by atoms with van der Waals surface area (Å²) in [5.41, 5.74) is 0.160. The first-order valence-electron chi connectivity index (χ1n) is 10.4. The lowest BCUT2D eigenvalue weighted by Crippen LogP contribution is -2.52. The molecule has 0 aromatic carbocycles. The monoisotopic (exact) mass is 365 g/mol. The van der Waals surface area contributed by atoms with Gasteiger partial charge in [0.1, 0.15) is 0 Å². The Labute approximate surface area is 160 Å². The van der Waals surface area contributed by atoms with Crippen LogP contribution in [-0.4, -0.2) is 72.3 Å². The minimum Gasteiger partial charge on any atom is -0.342 e. The highest BCUT2D eigenvalue weighted by Crippen LogP contribution is 2.28. The molecule has 1 heterocycles. The molecule has 2 rings (SSSR count). The molecule has 2 aliphatic rings. The molecule has 2 amide bonds. The van der Waals surface area contributed by atoms with Crippen LogP contribution in [0.2, 0.25) is 0 Å². The molecule has 0 spiro atoms. The van der Waals surface area contributed by atoms with Crippen molar-refractivity contribution in [1.29, 1.82) is 0 Å². The first kappa shape index (κ1) is 21.2. The smallest absolute Gasteiger partial charge is 0.236 e. The summed E-state index contributed by atoms with van der Waals surface area (Å²) < 4.78 is 0. The van der Waals surface area contributed by atoms with Crippen LogP contribution in [0.5, 0.6) is 0 Å². The number of rotatable bonds is 5. The average molecular weight is 366 g/mol. The fourth-order valence-corrected chi connectivity index (χ4v) is 3.83. The zero-order valence-electron chi connectivity index (χ0n) is 17.6. The second kappa shape index (κ2) is 9.20. The Hall–Kier alpha value is -1.10. The van der Waals surface area contributed by atoms with E-state index in [1.807, 2.05) is 16.8 Å². The van der Waals surface area contributed by atoms with Crippen LogP contribution >= 0.6 is 0 Å². The maximum Gasteiger partial charge on any atom is 0.236 e. The van der Waals surface area contributed by atoms with E-state index >= 15 is 0 Å². The molecule has 0 N–H and O–H groups in total. The van der Waals surface area contributed by atoms with Gasteiger partial charge in [0.15, 0.2) is 0 Å². The standard InChI is InChI=1S/C21H39N3O2/c1-17(21(2,3)4)15-19(25)24-13-11-23(12-14-24)16-20(26)22(5)18-9-7-6-8-10-18/h17-18H,6-16H2,1-5H3. The van der Waals surface area contributed by atoms with Crippen LogP contribution in [0.3, 0.4) is 0 Å². The van der Waals surface area contributed by atoms with Crippen molar-refractivity contribution in [1.82, 2.24) is 14.7 Å². The van der Waals surface area contributed by atoms with Gasteiger partial charge in [0.2, 0.25) is 11.8 Å². The highest BCUT2D eigenvalue weighted by Gasteiger charge is 2.29. The zero-order chi connectivity index (χ0) is 19.3. The summed E-state index contributed by atoms with van der Waals surface area (Å²) in [4.78, 5) is 31.3. The summed E-state index contributed by atoms with van der Waals surface area (Å²) in [5.74, 6) is 0.870. The summed E-state index contributed by atoms with van der Waals surface area (Å²) in [5, 5.41) is 0. The number of carbonyl (C=O) groups is 2. The normalized spacial score (nSPS) is 21.5. The fourth-order valence-electron chi connectivity index (χ4n) is 3.83. The van der Waals surface area contributed by atoms with Gasteiger partial charge < -0.3 is 9.80 Å². The third-order valence-corrected chi connectivity index (χ3v) is 6.56. The van der Waals surface area contributed by atoms with Gasteiger partial charge in [-0.1, -0.05) is 47.0 Å². The van der Waals surface area contributed by atoms with Crippen LogP contribution < -0.4 is 0 Å². The van der Waals surface area contributed by atoms with E-state index in [0.29, 0.717) is 24.9 Å². The summed E-state index contributed by atoms with van der Waals surface area (Å²) in [6.45, 7) is 12.3. The number of likely N-dealkylation sites (N-methyl/N-ethyl adjacent to an activating group) is 1. The number of amides is 2. The lowest BCUT2D eigenvalue weighted by Gasteiger charge is -2.37. The van der Waals surface area contributed by atoms with Crippen LogP contribution in [0.15, 0.2) is 0 Å². The van der Waals surface area contributed by atoms with Crippen molar-refractivity contribution in [2.45, 2.75) is 72.3 Å². The molecule has 1 saturated carbocycles. The molecule has 1 atom stereocenters. The van der Waals surface area contributed by atoms with Crippen molar-refractivity contribution in [3.63, 3.8) is 0 Å². The van der Waals surface area contributed by atoms with Crippen molar-refractivity contribution in [3.05, 3.63) is 0 Å². The minimum atomic E-state index is 0.160. The van der Waals surface area contributed by atoms with Gasteiger partial charge in [0.25, 0.3) is 0 Å². The number of piperazine rings is 1. The summed E-state index contributed by atoms with van der Waals surface area (Å²) in [7, 11) is 1.96. The molecule has 5 nitrogen and oxygen atoms in total. The quantitative estimate of drug-likeness (QED) is 0.752. The Morgan fingerprint density at radius 2 is 1.62 bits per heavy atom. The molecule has 1 unspecified atom stereocenters. The lowest BCUT2D eigenvalue weighted by atomic mass is 9.80. The Bertz CT molecular complexity index is 472. The second-order valence-corrected chi connectivity index (χ2v) is 9.42. The fraction of sp³-hybridized carbons (Fsp3) is 0.905. The van der Waals surface area contributed by atoms with Gasteiger partial charge in [-0.15, -0.1) is 0 Å². The van der Waals surface area contributed by atoms with Gasteiger partial charge in [-0.3, -0.25) is 14.5 Å². The topological polar surface area (TPSA) is 43.9 Å². The molecule has 5 heteroatoms. The van der Waals surface area contributed by atoms with Crippen LogP contribution in [0, 0.1) is 11.3 Å². The molecule has 0 radical (unpaired) electrons. The van der Waals surface area contributed by atoms with Crippen LogP contribution in [-0.2, 0) is 9.59 Å². The van der Waals surface area contributed by atoms with Gasteiger partial charge in [0, 0.05) is 45.7 Å². The second-order valence-electron chi connectivity index (χ2n) is 9.42. The van der Waals surface area contributed by atoms with Crippen LogP contribution in [0.25, 0.3) is 0 Å². The molecule has 2 fully saturated rings. The minimum absolute atomic E-state index is 0.160. The Kier molecular flexibility index (Phi) is 7.51. The SMILES string of the molecule is CC(CC(=O)N1CCN(CC(=O)N(C)C2CCCCC2)CC1)C(C)(C)C. The molecule has 150 valence electrons. The first-order chi connectivity index (χ1) is 12.2. The summed E-state index contributed by atoms with van der Waals surface area (Å²) >= 11 is 0. The molecule has 0 bridgehead atoms. The largest absolute Gasteiger partial charge is 0.342 e. The predicted molar refractivity (Wildman–Crippen MR) is 106 cm³/mol. The molecular formula is C21H39N3O2. The van der Waals surface area contributed by atoms with E-state index in [9.17, 15) is 9.59 Å². The third-order valence-electron chi connectivity index (χ3n) is 6.56. The van der Waals surface area contributed by atoms with Gasteiger partial charge in [-0.25, -0.2) is 0 Å². The number of carbonyl (C=O) groups excluding carboxylic acids is 2. The first-order valence-corrected chi connectivity index (χ1v) is 10.4. The Balaban J connectivity index is 1.74. The van der Waals surface area contributed by atoms with E-state index in [4.69, 9.17) is 0 Å². The van der Waals surface area contributed by atoms with Crippen LogP contribution in [0.1, 0.15) is 66.2 Å². The molecule has 0 aromatic heterocycles. The van der Waals surface area contributed by atoms with E-state index in [2.05, 4.69) is 32.6 Å². The van der Waals surface area contributed by atoms with E-state index < -0.39 is 0 Å². The Morgan fingerprint density at radius 1 is 1.04 bits per heavy atom. The Morgan fingerprint density at radius 3 is 2.15 bits per heavy atom. The van der Waals surface area contributed by atoms with Crippen molar-refractivity contribution < 1.29 is 9.59 Å². The summed E-state index contributed by atoms with van der Waals surface area (Å²) in [6.07, 6.45) is 6.72. The average Bonchev–Trinajstić information content (AvgIpc) is 2.61. The van der Waals surface area contributed by atoms with Crippen LogP contribution in [0.4, 0.5) is 0 Å². The van der Waals surface area contributed by atoms with Gasteiger partial charge in [-0.2, -0.15) is 0 Å². The maximum absolute atomic E-state index is 12.6. The molecule has 1 aliphatic carbocycles. The van der Waals surface area contributed by atoms with Crippen molar-refractivity contribution >= 4 is 11.8 Å². The van der Waals surface area contributed by atoms with E-state index in [1.54, 1.807) is 0 Å². The van der Waals surface area contributed by atoms with Gasteiger partial charge in [-0.05, 0) is 24.2 Å².